The van der Waals surface area contributed by atoms with Crippen LogP contribution < -0.4 is 5.32 Å². The third-order valence-corrected chi connectivity index (χ3v) is 4.67. The Morgan fingerprint density at radius 1 is 1.30 bits per heavy atom. The Balaban J connectivity index is 2.05. The van der Waals surface area contributed by atoms with E-state index in [1.54, 1.807) is 6.92 Å². The SMILES string of the molecule is CC1CCCC(C)N1C(=O)NC1COCC1(C)C(=O)O. The molecule has 0 aromatic heterocycles. The van der Waals surface area contributed by atoms with E-state index in [2.05, 4.69) is 5.32 Å². The number of nitrogens with one attached hydrogen (secondary N) is 1. The highest BCUT2D eigenvalue weighted by atomic mass is 16.5. The topological polar surface area (TPSA) is 78.9 Å². The van der Waals surface area contributed by atoms with Crippen LogP contribution in [0.4, 0.5) is 4.79 Å². The molecule has 2 fully saturated rings. The van der Waals surface area contributed by atoms with Gasteiger partial charge in [0, 0.05) is 12.1 Å². The summed E-state index contributed by atoms with van der Waals surface area (Å²) in [6.07, 6.45) is 3.12. The van der Waals surface area contributed by atoms with Crippen LogP contribution in [0.3, 0.4) is 0 Å². The first-order chi connectivity index (χ1) is 9.36. The average Bonchev–Trinajstić information content (AvgIpc) is 2.72. The standard InChI is InChI=1S/C14H24N2O4/c1-9-5-4-6-10(2)16(9)13(19)15-11-7-20-8-14(11,3)12(17)18/h9-11H,4-8H2,1-3H3,(H,15,19)(H,17,18). The Kier molecular flexibility index (Phi) is 4.22. The van der Waals surface area contributed by atoms with Crippen LogP contribution in [0, 0.1) is 5.41 Å². The lowest BCUT2D eigenvalue weighted by Crippen LogP contribution is -2.57. The number of nitrogens with zero attached hydrogens (tertiary/aromatic N) is 1. The number of urea groups is 1. The normalized spacial score (nSPS) is 37.8. The van der Waals surface area contributed by atoms with E-state index in [9.17, 15) is 14.7 Å². The van der Waals surface area contributed by atoms with Gasteiger partial charge >= 0.3 is 12.0 Å². The first-order valence-corrected chi connectivity index (χ1v) is 7.26. The van der Waals surface area contributed by atoms with Crippen LogP contribution in [0.5, 0.6) is 0 Å². The molecule has 6 nitrogen and oxygen atoms in total. The van der Waals surface area contributed by atoms with Gasteiger partial charge in [0.05, 0.1) is 19.3 Å². The number of hydrogen-bond donors (Lipinski definition) is 2. The van der Waals surface area contributed by atoms with Crippen molar-refractivity contribution < 1.29 is 19.4 Å². The molecule has 0 bridgehead atoms. The van der Waals surface area contributed by atoms with E-state index in [1.165, 1.54) is 0 Å². The molecule has 2 N–H and O–H groups in total. The first kappa shape index (κ1) is 15.1. The van der Waals surface area contributed by atoms with E-state index in [0.717, 1.165) is 19.3 Å². The Bertz CT molecular complexity index is 391. The van der Waals surface area contributed by atoms with Gasteiger partial charge in [0.2, 0.25) is 0 Å². The molecule has 20 heavy (non-hydrogen) atoms. The van der Waals surface area contributed by atoms with Crippen LogP contribution in [0.25, 0.3) is 0 Å². The molecule has 2 heterocycles. The summed E-state index contributed by atoms with van der Waals surface area (Å²) < 4.78 is 5.26. The van der Waals surface area contributed by atoms with Crippen molar-refractivity contribution in [3.05, 3.63) is 0 Å². The van der Waals surface area contributed by atoms with Crippen LogP contribution in [0.15, 0.2) is 0 Å². The second-order valence-corrected chi connectivity index (χ2v) is 6.28. The summed E-state index contributed by atoms with van der Waals surface area (Å²) in [5.41, 5.74) is -1.04. The number of carboxylic acids is 1. The third kappa shape index (κ3) is 2.61. The van der Waals surface area contributed by atoms with Crippen molar-refractivity contribution in [1.29, 1.82) is 0 Å². The number of amides is 2. The maximum absolute atomic E-state index is 12.5. The van der Waals surface area contributed by atoms with Crippen LogP contribution in [-0.2, 0) is 9.53 Å². The number of ether oxygens (including phenoxy) is 1. The zero-order valence-electron chi connectivity index (χ0n) is 12.4. The summed E-state index contributed by atoms with van der Waals surface area (Å²) in [5.74, 6) is -0.931. The zero-order valence-corrected chi connectivity index (χ0v) is 12.4. The average molecular weight is 284 g/mol. The molecule has 2 amide bonds. The largest absolute Gasteiger partial charge is 0.481 e. The van der Waals surface area contributed by atoms with E-state index in [0.29, 0.717) is 0 Å². The highest BCUT2D eigenvalue weighted by Gasteiger charge is 2.48. The highest BCUT2D eigenvalue weighted by Crippen LogP contribution is 2.30. The van der Waals surface area contributed by atoms with E-state index in [1.807, 2.05) is 18.7 Å². The second kappa shape index (κ2) is 5.60. The number of piperidine rings is 1. The molecule has 4 atom stereocenters. The first-order valence-electron chi connectivity index (χ1n) is 7.26. The van der Waals surface area contributed by atoms with Crippen LogP contribution in [0.2, 0.25) is 0 Å². The molecule has 0 aliphatic carbocycles. The molecule has 6 heteroatoms. The summed E-state index contributed by atoms with van der Waals surface area (Å²) in [6, 6.07) is -0.268. The summed E-state index contributed by atoms with van der Waals surface area (Å²) >= 11 is 0. The van der Waals surface area contributed by atoms with Crippen LogP contribution >= 0.6 is 0 Å². The molecular weight excluding hydrogens is 260 g/mol. The van der Waals surface area contributed by atoms with E-state index >= 15 is 0 Å². The zero-order chi connectivity index (χ0) is 14.9. The van der Waals surface area contributed by atoms with Crippen LogP contribution in [0.1, 0.15) is 40.0 Å². The molecule has 0 aromatic carbocycles. The smallest absolute Gasteiger partial charge is 0.318 e. The van der Waals surface area contributed by atoms with E-state index < -0.39 is 17.4 Å². The van der Waals surface area contributed by atoms with Crippen molar-refractivity contribution in [3.63, 3.8) is 0 Å². The van der Waals surface area contributed by atoms with E-state index in [4.69, 9.17) is 4.74 Å². The number of hydrogen-bond acceptors (Lipinski definition) is 3. The maximum atomic E-state index is 12.5. The van der Waals surface area contributed by atoms with Gasteiger partial charge in [-0.15, -0.1) is 0 Å². The molecular formula is C14H24N2O4. The van der Waals surface area contributed by atoms with Gasteiger partial charge in [-0.3, -0.25) is 4.79 Å². The van der Waals surface area contributed by atoms with Crippen LogP contribution in [-0.4, -0.2) is 53.3 Å². The van der Waals surface area contributed by atoms with Gasteiger partial charge in [-0.1, -0.05) is 0 Å². The number of carbonyl (C=O) groups is 2. The van der Waals surface area contributed by atoms with Crippen molar-refractivity contribution in [3.8, 4) is 0 Å². The van der Waals surface area contributed by atoms with Crippen molar-refractivity contribution in [2.24, 2.45) is 5.41 Å². The molecule has 0 spiro atoms. The van der Waals surface area contributed by atoms with Crippen molar-refractivity contribution in [2.45, 2.75) is 58.2 Å². The molecule has 4 unspecified atom stereocenters. The summed E-state index contributed by atoms with van der Waals surface area (Å²) in [6.45, 7) is 6.09. The number of rotatable bonds is 2. The molecule has 0 saturated carbocycles. The quantitative estimate of drug-likeness (QED) is 0.804. The lowest BCUT2D eigenvalue weighted by atomic mass is 9.85. The third-order valence-electron chi connectivity index (χ3n) is 4.67. The molecule has 2 aliphatic heterocycles. The summed E-state index contributed by atoms with van der Waals surface area (Å²) in [7, 11) is 0. The molecule has 2 aliphatic rings. The van der Waals surface area contributed by atoms with Gasteiger partial charge in [0.25, 0.3) is 0 Å². The predicted octanol–water partition coefficient (Wildman–Crippen LogP) is 1.45. The molecule has 2 rings (SSSR count). The maximum Gasteiger partial charge on any atom is 0.318 e. The van der Waals surface area contributed by atoms with Crippen molar-refractivity contribution in [2.75, 3.05) is 13.2 Å². The molecule has 0 aromatic rings. The Morgan fingerprint density at radius 2 is 1.90 bits per heavy atom. The van der Waals surface area contributed by atoms with Gasteiger partial charge in [0.15, 0.2) is 0 Å². The lowest BCUT2D eigenvalue weighted by molar-refractivity contribution is -0.148. The van der Waals surface area contributed by atoms with Gasteiger partial charge in [0.1, 0.15) is 5.41 Å². The minimum Gasteiger partial charge on any atom is -0.481 e. The Morgan fingerprint density at radius 3 is 2.45 bits per heavy atom. The fourth-order valence-electron chi connectivity index (χ4n) is 3.13. The number of aliphatic carboxylic acids is 1. The fraction of sp³-hybridized carbons (Fsp3) is 0.857. The fourth-order valence-corrected chi connectivity index (χ4v) is 3.13. The molecule has 114 valence electrons. The van der Waals surface area contributed by atoms with E-state index in [-0.39, 0.29) is 31.3 Å². The molecule has 0 radical (unpaired) electrons. The van der Waals surface area contributed by atoms with Gasteiger partial charge < -0.3 is 20.1 Å². The lowest BCUT2D eigenvalue weighted by Gasteiger charge is -2.40. The van der Waals surface area contributed by atoms with Gasteiger partial charge in [-0.2, -0.15) is 0 Å². The van der Waals surface area contributed by atoms with Gasteiger partial charge in [-0.05, 0) is 40.0 Å². The number of likely N-dealkylation sites (tertiary alicyclic amines) is 1. The monoisotopic (exact) mass is 284 g/mol. The highest BCUT2D eigenvalue weighted by molar-refractivity contribution is 5.79. The Labute approximate surface area is 119 Å². The van der Waals surface area contributed by atoms with Crippen molar-refractivity contribution >= 4 is 12.0 Å². The number of carbonyl (C=O) groups excluding carboxylic acids is 1. The summed E-state index contributed by atoms with van der Waals surface area (Å²) in [5, 5.41) is 12.2. The van der Waals surface area contributed by atoms with Crippen molar-refractivity contribution in [1.82, 2.24) is 10.2 Å². The Hall–Kier alpha value is -1.30. The minimum atomic E-state index is -1.04. The molecule has 2 saturated heterocycles. The summed E-state index contributed by atoms with van der Waals surface area (Å²) in [4.78, 5) is 25.7. The number of carboxylic acid groups (broad SMARTS) is 1. The van der Waals surface area contributed by atoms with Gasteiger partial charge in [-0.25, -0.2) is 4.79 Å². The predicted molar refractivity (Wildman–Crippen MR) is 73.5 cm³/mol. The minimum absolute atomic E-state index is 0.137. The second-order valence-electron chi connectivity index (χ2n) is 6.28.